The molecule has 0 aliphatic heterocycles. The first-order valence-corrected chi connectivity index (χ1v) is 5.25. The molecule has 0 saturated carbocycles. The predicted molar refractivity (Wildman–Crippen MR) is 60.5 cm³/mol. The molecule has 0 unspecified atom stereocenters. The summed E-state index contributed by atoms with van der Waals surface area (Å²) in [4.78, 5) is 11.9. The summed E-state index contributed by atoms with van der Waals surface area (Å²) in [6, 6.07) is 0. The maximum atomic E-state index is 5.61. The van der Waals surface area contributed by atoms with Crippen LogP contribution in [-0.2, 0) is 6.54 Å². The standard InChI is InChI=1S/C8H9BrN6O/c1-4-14-5(15-16-4)2-11-8-6(9)7(10)12-3-13-8/h3H,2H2,1H3,(H3,10,11,12,13). The molecular formula is C8H9BrN6O. The Balaban J connectivity index is 2.07. The summed E-state index contributed by atoms with van der Waals surface area (Å²) >= 11 is 3.28. The molecule has 0 spiro atoms. The van der Waals surface area contributed by atoms with Crippen molar-refractivity contribution >= 4 is 27.6 Å². The molecule has 3 N–H and O–H groups in total. The van der Waals surface area contributed by atoms with Crippen LogP contribution in [0.5, 0.6) is 0 Å². The zero-order valence-corrected chi connectivity index (χ0v) is 10.0. The Labute approximate surface area is 99.6 Å². The Morgan fingerprint density at radius 1 is 1.50 bits per heavy atom. The number of nitrogens with one attached hydrogen (secondary N) is 1. The van der Waals surface area contributed by atoms with Crippen LogP contribution in [0.2, 0.25) is 0 Å². The maximum Gasteiger partial charge on any atom is 0.223 e. The van der Waals surface area contributed by atoms with Crippen molar-refractivity contribution in [3.63, 3.8) is 0 Å². The summed E-state index contributed by atoms with van der Waals surface area (Å²) < 4.78 is 5.46. The van der Waals surface area contributed by atoms with Gasteiger partial charge in [0.2, 0.25) is 5.89 Å². The molecule has 0 aliphatic carbocycles. The third-order valence-corrected chi connectivity index (χ3v) is 2.58. The summed E-state index contributed by atoms with van der Waals surface area (Å²) in [5.41, 5.74) is 5.61. The molecule has 84 valence electrons. The fourth-order valence-corrected chi connectivity index (χ4v) is 1.43. The Hall–Kier alpha value is -1.70. The third kappa shape index (κ3) is 2.27. The van der Waals surface area contributed by atoms with E-state index in [9.17, 15) is 0 Å². The molecule has 0 atom stereocenters. The van der Waals surface area contributed by atoms with Crippen LogP contribution in [-0.4, -0.2) is 20.1 Å². The van der Waals surface area contributed by atoms with Crippen LogP contribution in [0.25, 0.3) is 0 Å². The van der Waals surface area contributed by atoms with Gasteiger partial charge in [-0.05, 0) is 15.9 Å². The van der Waals surface area contributed by atoms with E-state index in [1.807, 2.05) is 0 Å². The van der Waals surface area contributed by atoms with Gasteiger partial charge >= 0.3 is 0 Å². The number of halogens is 1. The van der Waals surface area contributed by atoms with E-state index in [0.717, 1.165) is 0 Å². The molecule has 0 saturated heterocycles. The molecule has 0 radical (unpaired) electrons. The van der Waals surface area contributed by atoms with E-state index < -0.39 is 0 Å². The Bertz CT molecular complexity index is 499. The normalized spacial score (nSPS) is 10.4. The van der Waals surface area contributed by atoms with Gasteiger partial charge in [0.1, 0.15) is 22.4 Å². The lowest BCUT2D eigenvalue weighted by Crippen LogP contribution is -2.05. The van der Waals surface area contributed by atoms with Gasteiger partial charge in [-0.1, -0.05) is 5.16 Å². The van der Waals surface area contributed by atoms with E-state index in [-0.39, 0.29) is 0 Å². The average Bonchev–Trinajstić information content (AvgIpc) is 2.67. The van der Waals surface area contributed by atoms with Crippen LogP contribution in [0.1, 0.15) is 11.7 Å². The van der Waals surface area contributed by atoms with Gasteiger partial charge < -0.3 is 15.6 Å². The Kier molecular flexibility index (Phi) is 3.00. The molecule has 0 aromatic carbocycles. The molecule has 7 nitrogen and oxygen atoms in total. The van der Waals surface area contributed by atoms with Gasteiger partial charge in [0.25, 0.3) is 0 Å². The highest BCUT2D eigenvalue weighted by atomic mass is 79.9. The highest BCUT2D eigenvalue weighted by molar-refractivity contribution is 9.10. The van der Waals surface area contributed by atoms with E-state index in [0.29, 0.717) is 34.4 Å². The van der Waals surface area contributed by atoms with Crippen molar-refractivity contribution in [3.05, 3.63) is 22.5 Å². The second-order valence-corrected chi connectivity index (χ2v) is 3.80. The topological polar surface area (TPSA) is 103 Å². The van der Waals surface area contributed by atoms with Gasteiger partial charge in [-0.2, -0.15) is 4.98 Å². The molecule has 2 aromatic rings. The van der Waals surface area contributed by atoms with E-state index in [2.05, 4.69) is 41.4 Å². The van der Waals surface area contributed by atoms with Crippen LogP contribution in [0.15, 0.2) is 15.3 Å². The fourth-order valence-electron chi connectivity index (χ4n) is 1.08. The van der Waals surface area contributed by atoms with E-state index in [1.165, 1.54) is 6.33 Å². The highest BCUT2D eigenvalue weighted by Gasteiger charge is 2.07. The first kappa shape index (κ1) is 10.8. The van der Waals surface area contributed by atoms with Crippen molar-refractivity contribution in [2.45, 2.75) is 13.5 Å². The number of aryl methyl sites for hydroxylation is 1. The van der Waals surface area contributed by atoms with Gasteiger partial charge in [-0.3, -0.25) is 0 Å². The number of nitrogens with zero attached hydrogens (tertiary/aromatic N) is 4. The number of nitrogen functional groups attached to an aromatic ring is 1. The first-order chi connectivity index (χ1) is 7.66. The second-order valence-electron chi connectivity index (χ2n) is 3.00. The molecule has 16 heavy (non-hydrogen) atoms. The summed E-state index contributed by atoms with van der Waals surface area (Å²) in [6.45, 7) is 2.14. The molecule has 2 aromatic heterocycles. The first-order valence-electron chi connectivity index (χ1n) is 4.46. The maximum absolute atomic E-state index is 5.61. The van der Waals surface area contributed by atoms with Crippen LogP contribution in [0, 0.1) is 6.92 Å². The SMILES string of the molecule is Cc1nc(CNc2ncnc(N)c2Br)no1. The quantitative estimate of drug-likeness (QED) is 0.871. The largest absolute Gasteiger partial charge is 0.383 e. The lowest BCUT2D eigenvalue weighted by Gasteiger charge is -2.05. The third-order valence-electron chi connectivity index (χ3n) is 1.80. The minimum atomic E-state index is 0.377. The highest BCUT2D eigenvalue weighted by Crippen LogP contribution is 2.23. The number of hydrogen-bond donors (Lipinski definition) is 2. The van der Waals surface area contributed by atoms with Gasteiger partial charge in [-0.25, -0.2) is 9.97 Å². The zero-order valence-electron chi connectivity index (χ0n) is 8.44. The average molecular weight is 285 g/mol. The molecule has 0 amide bonds. The number of anilines is 2. The van der Waals surface area contributed by atoms with Crippen molar-refractivity contribution in [1.82, 2.24) is 20.1 Å². The lowest BCUT2D eigenvalue weighted by molar-refractivity contribution is 0.388. The lowest BCUT2D eigenvalue weighted by atomic mass is 10.5. The molecule has 2 heterocycles. The number of nitrogens with two attached hydrogens (primary N) is 1. The zero-order chi connectivity index (χ0) is 11.5. The van der Waals surface area contributed by atoms with Gasteiger partial charge in [0, 0.05) is 6.92 Å². The Morgan fingerprint density at radius 3 is 3.00 bits per heavy atom. The molecule has 2 rings (SSSR count). The number of rotatable bonds is 3. The molecule has 0 bridgehead atoms. The van der Waals surface area contributed by atoms with Crippen LogP contribution in [0.3, 0.4) is 0 Å². The summed E-state index contributed by atoms with van der Waals surface area (Å²) in [6.07, 6.45) is 1.38. The van der Waals surface area contributed by atoms with Crippen molar-refractivity contribution in [2.24, 2.45) is 0 Å². The predicted octanol–water partition coefficient (Wildman–Crippen LogP) is 1.12. The van der Waals surface area contributed by atoms with E-state index >= 15 is 0 Å². The van der Waals surface area contributed by atoms with Crippen LogP contribution < -0.4 is 11.1 Å². The summed E-state index contributed by atoms with van der Waals surface area (Å²) in [5, 5.41) is 6.76. The van der Waals surface area contributed by atoms with Gasteiger partial charge in [-0.15, -0.1) is 0 Å². The second kappa shape index (κ2) is 4.44. The monoisotopic (exact) mass is 284 g/mol. The molecule has 8 heteroatoms. The summed E-state index contributed by atoms with van der Waals surface area (Å²) in [7, 11) is 0. The molecule has 0 fully saturated rings. The molecular weight excluding hydrogens is 276 g/mol. The van der Waals surface area contributed by atoms with Crippen molar-refractivity contribution < 1.29 is 4.52 Å². The van der Waals surface area contributed by atoms with Crippen molar-refractivity contribution in [2.75, 3.05) is 11.1 Å². The number of hydrogen-bond acceptors (Lipinski definition) is 7. The number of aromatic nitrogens is 4. The van der Waals surface area contributed by atoms with Gasteiger partial charge in [0.15, 0.2) is 5.82 Å². The minimum absolute atomic E-state index is 0.377. The smallest absolute Gasteiger partial charge is 0.223 e. The Morgan fingerprint density at radius 2 is 2.31 bits per heavy atom. The van der Waals surface area contributed by atoms with Crippen LogP contribution in [0.4, 0.5) is 11.6 Å². The van der Waals surface area contributed by atoms with E-state index in [4.69, 9.17) is 10.3 Å². The van der Waals surface area contributed by atoms with Crippen LogP contribution >= 0.6 is 15.9 Å². The fraction of sp³-hybridized carbons (Fsp3) is 0.250. The van der Waals surface area contributed by atoms with Crippen molar-refractivity contribution in [3.8, 4) is 0 Å². The minimum Gasteiger partial charge on any atom is -0.383 e. The van der Waals surface area contributed by atoms with Gasteiger partial charge in [0.05, 0.1) is 6.54 Å². The van der Waals surface area contributed by atoms with Crippen molar-refractivity contribution in [1.29, 1.82) is 0 Å². The molecule has 0 aliphatic rings. The van der Waals surface area contributed by atoms with E-state index in [1.54, 1.807) is 6.92 Å². The summed E-state index contributed by atoms with van der Waals surface area (Å²) in [5.74, 6) is 2.05.